The Kier molecular flexibility index (Phi) is 4.75. The largest absolute Gasteiger partial charge is 0.309 e. The average Bonchev–Trinajstić information content (AvgIpc) is 3.62. The smallest absolute Gasteiger partial charge is 0.0641 e. The van der Waals surface area contributed by atoms with Crippen LogP contribution in [-0.4, -0.2) is 8.97 Å². The molecule has 2 heteroatoms. The normalized spacial score (nSPS) is 12.1. The molecule has 0 unspecified atom stereocenters. The van der Waals surface area contributed by atoms with Gasteiger partial charge in [0.1, 0.15) is 0 Å². The first-order valence-electron chi connectivity index (χ1n) is 15.2. The maximum absolute atomic E-state index is 2.52. The van der Waals surface area contributed by atoms with Crippen LogP contribution in [0.25, 0.3) is 87.1 Å². The fraction of sp³-hybridized carbons (Fsp3) is 0. The van der Waals surface area contributed by atoms with Crippen molar-refractivity contribution >= 4 is 81.4 Å². The molecular formula is C42H26N2. The monoisotopic (exact) mass is 558 g/mol. The number of hydrogen-bond acceptors (Lipinski definition) is 0. The van der Waals surface area contributed by atoms with Gasteiger partial charge < -0.3 is 8.97 Å². The van der Waals surface area contributed by atoms with Gasteiger partial charge in [0.15, 0.2) is 0 Å². The van der Waals surface area contributed by atoms with Crippen molar-refractivity contribution in [1.82, 2.24) is 8.97 Å². The Morgan fingerprint density at radius 1 is 0.273 bits per heavy atom. The Morgan fingerprint density at radius 2 is 0.636 bits per heavy atom. The summed E-state index contributed by atoms with van der Waals surface area (Å²) in [5, 5.41) is 12.5. The van der Waals surface area contributed by atoms with Crippen molar-refractivity contribution in [3.63, 3.8) is 0 Å². The molecule has 0 radical (unpaired) electrons. The van der Waals surface area contributed by atoms with E-state index in [0.717, 1.165) is 0 Å². The van der Waals surface area contributed by atoms with Gasteiger partial charge in [-0.25, -0.2) is 0 Å². The van der Waals surface area contributed by atoms with Crippen molar-refractivity contribution in [3.8, 4) is 5.69 Å². The van der Waals surface area contributed by atoms with E-state index in [4.69, 9.17) is 0 Å². The van der Waals surface area contributed by atoms with Crippen LogP contribution in [0.4, 0.5) is 0 Å². The minimum atomic E-state index is 1.18. The fourth-order valence-corrected chi connectivity index (χ4v) is 7.72. The second kappa shape index (κ2) is 8.82. The third kappa shape index (κ3) is 3.04. The number of fused-ring (bicyclic) bond motifs is 13. The number of para-hydroxylation sites is 4. The number of benzene rings is 7. The molecule has 44 heavy (non-hydrogen) atoms. The van der Waals surface area contributed by atoms with Crippen LogP contribution in [-0.2, 0) is 0 Å². The molecule has 0 fully saturated rings. The number of hydrogen-bond donors (Lipinski definition) is 0. The predicted molar refractivity (Wildman–Crippen MR) is 188 cm³/mol. The average molecular weight is 559 g/mol. The molecule has 3 aromatic heterocycles. The van der Waals surface area contributed by atoms with Crippen LogP contribution in [0.5, 0.6) is 0 Å². The van der Waals surface area contributed by atoms with Crippen molar-refractivity contribution in [2.24, 2.45) is 0 Å². The first-order chi connectivity index (χ1) is 21.9. The Hall–Kier alpha value is -5.86. The summed E-state index contributed by atoms with van der Waals surface area (Å²) in [7, 11) is 0. The minimum absolute atomic E-state index is 1.18. The Labute approximate surface area is 253 Å². The summed E-state index contributed by atoms with van der Waals surface area (Å²) in [5.41, 5.74) is 7.25. The molecule has 0 amide bonds. The van der Waals surface area contributed by atoms with Crippen molar-refractivity contribution in [2.45, 2.75) is 0 Å². The number of nitrogens with zero attached hydrogens (tertiary/aromatic N) is 2. The van der Waals surface area contributed by atoms with E-state index in [9.17, 15) is 0 Å². The Bertz CT molecular complexity index is 2780. The third-order valence-corrected chi connectivity index (χ3v) is 9.48. The van der Waals surface area contributed by atoms with Crippen LogP contribution in [0.2, 0.25) is 0 Å². The zero-order valence-corrected chi connectivity index (χ0v) is 23.9. The lowest BCUT2D eigenvalue weighted by molar-refractivity contribution is 1.20. The fourth-order valence-electron chi connectivity index (χ4n) is 7.72. The summed E-state index contributed by atoms with van der Waals surface area (Å²) >= 11 is 0. The van der Waals surface area contributed by atoms with Gasteiger partial charge in [-0.15, -0.1) is 0 Å². The first kappa shape index (κ1) is 23.7. The van der Waals surface area contributed by atoms with Crippen LogP contribution in [0, 0.1) is 0 Å². The van der Waals surface area contributed by atoms with E-state index in [1.807, 2.05) is 0 Å². The second-order valence-corrected chi connectivity index (χ2v) is 11.7. The quantitative estimate of drug-likeness (QED) is 0.190. The van der Waals surface area contributed by atoms with Gasteiger partial charge in [0.25, 0.3) is 0 Å². The number of rotatable bonds is 1. The topological polar surface area (TPSA) is 9.34 Å². The first-order valence-corrected chi connectivity index (χ1v) is 15.2. The van der Waals surface area contributed by atoms with Gasteiger partial charge in [-0.3, -0.25) is 0 Å². The van der Waals surface area contributed by atoms with Crippen LogP contribution in [0.15, 0.2) is 158 Å². The maximum atomic E-state index is 2.52. The van der Waals surface area contributed by atoms with Gasteiger partial charge in [0.2, 0.25) is 0 Å². The SMILES string of the molecule is c1ccc2c(c1)c1ccccc1c1c(-n3c4ccccc4c4ccccc43)ccc3c4ccccc4n(c4ccccc24)c31. The molecule has 0 saturated heterocycles. The zero-order valence-electron chi connectivity index (χ0n) is 23.9. The molecule has 0 spiro atoms. The Morgan fingerprint density at radius 3 is 1.18 bits per heavy atom. The summed E-state index contributed by atoms with van der Waals surface area (Å²) in [4.78, 5) is 0. The van der Waals surface area contributed by atoms with Crippen molar-refractivity contribution in [1.29, 1.82) is 0 Å². The van der Waals surface area contributed by atoms with E-state index in [1.165, 1.54) is 87.1 Å². The molecule has 0 aliphatic carbocycles. The highest BCUT2D eigenvalue weighted by molar-refractivity contribution is 6.27. The molecule has 3 heterocycles. The molecule has 2 nitrogen and oxygen atoms in total. The van der Waals surface area contributed by atoms with Crippen molar-refractivity contribution in [2.75, 3.05) is 0 Å². The Balaban J connectivity index is 1.63. The molecule has 10 rings (SSSR count). The predicted octanol–water partition coefficient (Wildman–Crippen LogP) is 11.4. The van der Waals surface area contributed by atoms with E-state index >= 15 is 0 Å². The van der Waals surface area contributed by atoms with Gasteiger partial charge >= 0.3 is 0 Å². The van der Waals surface area contributed by atoms with Crippen LogP contribution in [0.1, 0.15) is 0 Å². The van der Waals surface area contributed by atoms with Gasteiger partial charge in [-0.2, -0.15) is 0 Å². The van der Waals surface area contributed by atoms with E-state index < -0.39 is 0 Å². The van der Waals surface area contributed by atoms with Crippen molar-refractivity contribution < 1.29 is 0 Å². The summed E-state index contributed by atoms with van der Waals surface area (Å²) < 4.78 is 5.00. The van der Waals surface area contributed by atoms with Gasteiger partial charge in [0.05, 0.1) is 33.3 Å². The van der Waals surface area contributed by atoms with Crippen LogP contribution in [0.3, 0.4) is 0 Å². The molecule has 204 valence electrons. The van der Waals surface area contributed by atoms with Gasteiger partial charge in [-0.05, 0) is 51.9 Å². The molecular weight excluding hydrogens is 532 g/mol. The molecule has 0 atom stereocenters. The van der Waals surface area contributed by atoms with Crippen molar-refractivity contribution in [3.05, 3.63) is 158 Å². The van der Waals surface area contributed by atoms with E-state index in [1.54, 1.807) is 0 Å². The maximum Gasteiger partial charge on any atom is 0.0641 e. The molecule has 7 aromatic carbocycles. The van der Waals surface area contributed by atoms with Gasteiger partial charge in [0, 0.05) is 32.3 Å². The van der Waals surface area contributed by atoms with Crippen LogP contribution >= 0.6 is 0 Å². The molecule has 0 bridgehead atoms. The summed E-state index contributed by atoms with van der Waals surface area (Å²) in [6, 6.07) is 57.9. The highest BCUT2D eigenvalue weighted by atomic mass is 15.0. The van der Waals surface area contributed by atoms with E-state index in [2.05, 4.69) is 167 Å². The lowest BCUT2D eigenvalue weighted by atomic mass is 9.99. The lowest BCUT2D eigenvalue weighted by Crippen LogP contribution is -1.96. The summed E-state index contributed by atoms with van der Waals surface area (Å²) in [6.45, 7) is 0. The minimum Gasteiger partial charge on any atom is -0.309 e. The van der Waals surface area contributed by atoms with E-state index in [-0.39, 0.29) is 0 Å². The summed E-state index contributed by atoms with van der Waals surface area (Å²) in [5.74, 6) is 0. The molecule has 0 N–H and O–H groups in total. The summed E-state index contributed by atoms with van der Waals surface area (Å²) in [6.07, 6.45) is 0. The molecule has 10 aromatic rings. The van der Waals surface area contributed by atoms with Crippen LogP contribution < -0.4 is 0 Å². The highest BCUT2D eigenvalue weighted by Crippen LogP contribution is 2.43. The number of aromatic nitrogens is 2. The van der Waals surface area contributed by atoms with Gasteiger partial charge in [-0.1, -0.05) is 127 Å². The molecule has 0 saturated carbocycles. The second-order valence-electron chi connectivity index (χ2n) is 11.7. The lowest BCUT2D eigenvalue weighted by Gasteiger charge is -2.13. The standard InChI is InChI=1S/C42H26N2/c1-2-14-28-27(13-1)29-15-3-4-20-34(29)41-40(43-36-21-9-6-17-31(36)32-18-7-10-22-37(32)43)26-25-35-33-19-8-12-24-39(33)44(42(35)41)38-23-11-5-16-30(28)38/h1-26H. The molecule has 0 aliphatic heterocycles. The highest BCUT2D eigenvalue weighted by Gasteiger charge is 2.20. The third-order valence-electron chi connectivity index (χ3n) is 9.48. The molecule has 0 aliphatic rings. The zero-order chi connectivity index (χ0) is 28.8. The van der Waals surface area contributed by atoms with E-state index in [0.29, 0.717) is 0 Å².